The lowest BCUT2D eigenvalue weighted by Crippen LogP contribution is -2.13. The molecule has 2 N–H and O–H groups in total. The van der Waals surface area contributed by atoms with E-state index in [9.17, 15) is 4.79 Å². The molecule has 0 aromatic heterocycles. The van der Waals surface area contributed by atoms with Crippen molar-refractivity contribution < 1.29 is 4.79 Å². The Morgan fingerprint density at radius 1 is 0.955 bits per heavy atom. The standard InChI is InChI=1S/C20H21NO/c1-2-3-10-18(20(21)22)15-19(16-11-6-4-7-12-16)17-13-8-5-9-14-17/h4-9,11-14H,2-3,10H2,1H3,(H2,21,22). The van der Waals surface area contributed by atoms with E-state index in [-0.39, 0.29) is 0 Å². The monoisotopic (exact) mass is 291 g/mol. The molecule has 0 aliphatic carbocycles. The number of rotatable bonds is 6. The summed E-state index contributed by atoms with van der Waals surface area (Å²) in [6.45, 7) is 2.09. The predicted molar refractivity (Wildman–Crippen MR) is 91.1 cm³/mol. The minimum Gasteiger partial charge on any atom is -0.365 e. The van der Waals surface area contributed by atoms with Crippen LogP contribution < -0.4 is 5.73 Å². The minimum atomic E-state index is -0.391. The molecule has 2 rings (SSSR count). The summed E-state index contributed by atoms with van der Waals surface area (Å²) in [5.74, 6) is -0.391. The van der Waals surface area contributed by atoms with Crippen molar-refractivity contribution >= 4 is 11.5 Å². The quantitative estimate of drug-likeness (QED) is 0.625. The van der Waals surface area contributed by atoms with Crippen LogP contribution in [0.4, 0.5) is 0 Å². The summed E-state index contributed by atoms with van der Waals surface area (Å²) in [4.78, 5) is 11.7. The van der Waals surface area contributed by atoms with Crippen molar-refractivity contribution in [3.63, 3.8) is 0 Å². The summed E-state index contributed by atoms with van der Waals surface area (Å²) in [5, 5.41) is 0. The number of amides is 1. The van der Waals surface area contributed by atoms with E-state index in [1.807, 2.05) is 60.7 Å². The van der Waals surface area contributed by atoms with Gasteiger partial charge < -0.3 is 5.73 Å². The Kier molecular flexibility index (Phi) is 5.76. The van der Waals surface area contributed by atoms with Gasteiger partial charge in [0.05, 0.1) is 5.57 Å². The lowest BCUT2D eigenvalue weighted by atomic mass is 9.97. The molecule has 0 heterocycles. The molecule has 0 aliphatic rings. The molecule has 0 fully saturated rings. The third-order valence-electron chi connectivity index (χ3n) is 3.48. The molecular formula is C20H21NO. The predicted octanol–water partition coefficient (Wildman–Crippen LogP) is 4.32. The third-order valence-corrected chi connectivity index (χ3v) is 3.48. The molecule has 0 unspecified atom stereocenters. The Balaban J connectivity index is 2.61. The van der Waals surface area contributed by atoms with E-state index in [0.717, 1.165) is 29.5 Å². The minimum absolute atomic E-state index is 0.391. The fraction of sp³-hybridized carbons (Fsp3) is 0.200. The van der Waals surface area contributed by atoms with Gasteiger partial charge in [-0.2, -0.15) is 0 Å². The Morgan fingerprint density at radius 3 is 1.86 bits per heavy atom. The summed E-state index contributed by atoms with van der Waals surface area (Å²) < 4.78 is 0. The van der Waals surface area contributed by atoms with Gasteiger partial charge in [-0.3, -0.25) is 4.79 Å². The van der Waals surface area contributed by atoms with Crippen LogP contribution in [-0.2, 0) is 4.79 Å². The molecule has 0 saturated heterocycles. The molecule has 1 amide bonds. The van der Waals surface area contributed by atoms with E-state index >= 15 is 0 Å². The maximum atomic E-state index is 11.7. The topological polar surface area (TPSA) is 43.1 Å². The van der Waals surface area contributed by atoms with E-state index in [4.69, 9.17) is 5.73 Å². The highest BCUT2D eigenvalue weighted by atomic mass is 16.1. The average molecular weight is 291 g/mol. The van der Waals surface area contributed by atoms with Gasteiger partial charge in [0.15, 0.2) is 0 Å². The van der Waals surface area contributed by atoms with E-state index in [0.29, 0.717) is 12.0 Å². The molecule has 0 radical (unpaired) electrons. The first-order chi connectivity index (χ1) is 10.7. The second-order valence-electron chi connectivity index (χ2n) is 5.18. The first kappa shape index (κ1) is 15.8. The van der Waals surface area contributed by atoms with Gasteiger partial charge in [-0.25, -0.2) is 0 Å². The average Bonchev–Trinajstić information content (AvgIpc) is 2.56. The number of hydrogen-bond acceptors (Lipinski definition) is 1. The fourth-order valence-electron chi connectivity index (χ4n) is 2.27. The van der Waals surface area contributed by atoms with Gasteiger partial charge in [-0.05, 0) is 24.0 Å². The lowest BCUT2D eigenvalue weighted by molar-refractivity contribution is -0.114. The molecule has 0 saturated carbocycles. The van der Waals surface area contributed by atoms with Crippen molar-refractivity contribution in [2.75, 3.05) is 0 Å². The van der Waals surface area contributed by atoms with Gasteiger partial charge in [0, 0.05) is 5.57 Å². The summed E-state index contributed by atoms with van der Waals surface area (Å²) in [5.41, 5.74) is 12.3. The SMILES string of the molecule is CCCCC(=C=C(c1ccccc1)c1ccccc1)C(N)=O. The highest BCUT2D eigenvalue weighted by Gasteiger charge is 2.08. The maximum absolute atomic E-state index is 11.7. The second kappa shape index (κ2) is 8.02. The highest BCUT2D eigenvalue weighted by molar-refractivity contribution is 5.94. The van der Waals surface area contributed by atoms with Gasteiger partial charge in [0.1, 0.15) is 0 Å². The zero-order chi connectivity index (χ0) is 15.8. The smallest absolute Gasteiger partial charge is 0.252 e. The van der Waals surface area contributed by atoms with Crippen molar-refractivity contribution in [1.82, 2.24) is 0 Å². The molecule has 2 aromatic rings. The number of primary amides is 1. The largest absolute Gasteiger partial charge is 0.365 e. The summed E-state index contributed by atoms with van der Waals surface area (Å²) in [7, 11) is 0. The molecule has 0 bridgehead atoms. The third kappa shape index (κ3) is 4.21. The van der Waals surface area contributed by atoms with Crippen LogP contribution in [-0.4, -0.2) is 5.91 Å². The lowest BCUT2D eigenvalue weighted by Gasteiger charge is -2.07. The molecule has 2 heteroatoms. The number of unbranched alkanes of at least 4 members (excludes halogenated alkanes) is 1. The molecule has 2 aromatic carbocycles. The summed E-state index contributed by atoms with van der Waals surface area (Å²) in [6.07, 6.45) is 2.61. The van der Waals surface area contributed by atoms with Gasteiger partial charge in [-0.1, -0.05) is 74.0 Å². The van der Waals surface area contributed by atoms with Crippen LogP contribution in [0.2, 0.25) is 0 Å². The van der Waals surface area contributed by atoms with Gasteiger partial charge >= 0.3 is 0 Å². The van der Waals surface area contributed by atoms with Gasteiger partial charge in [0.25, 0.3) is 5.91 Å². The Bertz CT molecular complexity index is 639. The fourth-order valence-corrected chi connectivity index (χ4v) is 2.27. The van der Waals surface area contributed by atoms with Crippen molar-refractivity contribution in [2.45, 2.75) is 26.2 Å². The number of hydrogen-bond donors (Lipinski definition) is 1. The van der Waals surface area contributed by atoms with Crippen LogP contribution in [0.5, 0.6) is 0 Å². The zero-order valence-electron chi connectivity index (χ0n) is 12.9. The number of benzene rings is 2. The first-order valence-corrected chi connectivity index (χ1v) is 7.62. The van der Waals surface area contributed by atoms with Crippen molar-refractivity contribution in [3.05, 3.63) is 83.1 Å². The van der Waals surface area contributed by atoms with Gasteiger partial charge in [0.2, 0.25) is 0 Å². The van der Waals surface area contributed by atoms with Crippen LogP contribution >= 0.6 is 0 Å². The molecule has 22 heavy (non-hydrogen) atoms. The number of carbonyl (C=O) groups excluding carboxylic acids is 1. The molecule has 112 valence electrons. The van der Waals surface area contributed by atoms with Crippen LogP contribution in [0.3, 0.4) is 0 Å². The van der Waals surface area contributed by atoms with Crippen LogP contribution in [0.1, 0.15) is 37.3 Å². The molecule has 0 spiro atoms. The zero-order valence-corrected chi connectivity index (χ0v) is 12.9. The summed E-state index contributed by atoms with van der Waals surface area (Å²) in [6, 6.07) is 20.0. The Labute approximate surface area is 132 Å². The van der Waals surface area contributed by atoms with Crippen molar-refractivity contribution in [3.8, 4) is 0 Å². The second-order valence-corrected chi connectivity index (χ2v) is 5.18. The molecule has 0 aliphatic heterocycles. The van der Waals surface area contributed by atoms with Crippen LogP contribution in [0, 0.1) is 0 Å². The van der Waals surface area contributed by atoms with E-state index in [1.165, 1.54) is 0 Å². The maximum Gasteiger partial charge on any atom is 0.252 e. The Hall–Kier alpha value is -2.57. The van der Waals surface area contributed by atoms with Crippen molar-refractivity contribution in [2.24, 2.45) is 5.73 Å². The van der Waals surface area contributed by atoms with Crippen LogP contribution in [0.25, 0.3) is 5.57 Å². The Morgan fingerprint density at radius 2 is 1.45 bits per heavy atom. The van der Waals surface area contributed by atoms with E-state index in [1.54, 1.807) is 0 Å². The summed E-state index contributed by atoms with van der Waals surface area (Å²) >= 11 is 0. The molecular weight excluding hydrogens is 270 g/mol. The normalized spacial score (nSPS) is 9.86. The molecule has 0 atom stereocenters. The van der Waals surface area contributed by atoms with E-state index < -0.39 is 5.91 Å². The number of nitrogens with two attached hydrogens (primary N) is 1. The van der Waals surface area contributed by atoms with Gasteiger partial charge in [-0.15, -0.1) is 5.73 Å². The molecule has 2 nitrogen and oxygen atoms in total. The number of carbonyl (C=O) groups is 1. The first-order valence-electron chi connectivity index (χ1n) is 7.62. The van der Waals surface area contributed by atoms with Crippen LogP contribution in [0.15, 0.2) is 72.0 Å². The highest BCUT2D eigenvalue weighted by Crippen LogP contribution is 2.23. The van der Waals surface area contributed by atoms with Crippen molar-refractivity contribution in [1.29, 1.82) is 0 Å². The van der Waals surface area contributed by atoms with E-state index in [2.05, 4.69) is 12.7 Å².